The van der Waals surface area contributed by atoms with Crippen molar-refractivity contribution in [1.82, 2.24) is 10.3 Å². The lowest BCUT2D eigenvalue weighted by atomic mass is 10.1. The van der Waals surface area contributed by atoms with Gasteiger partial charge in [0.05, 0.1) is 13.7 Å². The number of ether oxygens (including phenoxy) is 1. The summed E-state index contributed by atoms with van der Waals surface area (Å²) in [5.41, 5.74) is 1.93. The predicted octanol–water partition coefficient (Wildman–Crippen LogP) is 3.31. The summed E-state index contributed by atoms with van der Waals surface area (Å²) >= 11 is 1.67. The van der Waals surface area contributed by atoms with Gasteiger partial charge in [-0.2, -0.15) is 0 Å². The van der Waals surface area contributed by atoms with Gasteiger partial charge in [0, 0.05) is 33.0 Å². The Hall–Kier alpha value is -1.62. The van der Waals surface area contributed by atoms with E-state index in [0.29, 0.717) is 6.54 Å². The molecule has 0 saturated heterocycles. The minimum absolute atomic E-state index is 0.124. The van der Waals surface area contributed by atoms with Crippen LogP contribution in [-0.4, -0.2) is 24.3 Å². The molecule has 1 fully saturated rings. The Labute approximate surface area is 128 Å². The van der Waals surface area contributed by atoms with E-state index in [9.17, 15) is 4.79 Å². The molecule has 5 heteroatoms. The van der Waals surface area contributed by atoms with Crippen LogP contribution in [0, 0.1) is 5.41 Å². The van der Waals surface area contributed by atoms with Crippen molar-refractivity contribution in [3.8, 4) is 5.75 Å². The molecule has 0 unspecified atom stereocenters. The molecule has 112 valence electrons. The van der Waals surface area contributed by atoms with E-state index in [-0.39, 0.29) is 11.3 Å². The van der Waals surface area contributed by atoms with E-state index >= 15 is 0 Å². The number of rotatable bonds is 5. The van der Waals surface area contributed by atoms with Gasteiger partial charge in [0.2, 0.25) is 5.91 Å². The number of aromatic amines is 1. The molecule has 2 N–H and O–H groups in total. The molecule has 0 radical (unpaired) electrons. The van der Waals surface area contributed by atoms with Crippen LogP contribution in [0.2, 0.25) is 0 Å². The largest absolute Gasteiger partial charge is 0.496 e. The molecule has 3 rings (SSSR count). The van der Waals surface area contributed by atoms with E-state index in [4.69, 9.17) is 4.74 Å². The van der Waals surface area contributed by atoms with Gasteiger partial charge >= 0.3 is 0 Å². The van der Waals surface area contributed by atoms with Gasteiger partial charge < -0.3 is 15.0 Å². The quantitative estimate of drug-likeness (QED) is 0.833. The second kappa shape index (κ2) is 5.30. The SMILES string of the molecule is COc1cc2[nH]c(CNC(=O)C3(C)CC3)cc2cc1SC. The molecule has 1 aliphatic rings. The topological polar surface area (TPSA) is 54.1 Å². The molecule has 1 aromatic heterocycles. The van der Waals surface area contributed by atoms with Crippen LogP contribution in [0.1, 0.15) is 25.5 Å². The average molecular weight is 304 g/mol. The molecule has 4 nitrogen and oxygen atoms in total. The molecule has 0 spiro atoms. The molecule has 0 atom stereocenters. The zero-order chi connectivity index (χ0) is 15.0. The monoisotopic (exact) mass is 304 g/mol. The second-order valence-corrected chi connectivity index (χ2v) is 6.68. The fourth-order valence-electron chi connectivity index (χ4n) is 2.42. The number of thioether (sulfide) groups is 1. The van der Waals surface area contributed by atoms with E-state index in [1.54, 1.807) is 18.9 Å². The number of carbonyl (C=O) groups excluding carboxylic acids is 1. The van der Waals surface area contributed by atoms with Crippen molar-refractivity contribution >= 4 is 28.6 Å². The maximum Gasteiger partial charge on any atom is 0.226 e. The van der Waals surface area contributed by atoms with Crippen molar-refractivity contribution in [2.45, 2.75) is 31.2 Å². The Bertz CT molecular complexity index is 648. The molecule has 1 saturated carbocycles. The Balaban J connectivity index is 1.79. The predicted molar refractivity (Wildman–Crippen MR) is 85.8 cm³/mol. The van der Waals surface area contributed by atoms with Gasteiger partial charge in [-0.05, 0) is 31.2 Å². The maximum atomic E-state index is 12.0. The standard InChI is InChI=1S/C16H20N2O2S/c1-16(4-5-16)15(19)17-9-11-6-10-7-14(21-3)13(20-2)8-12(10)18-11/h6-8,18H,4-5,9H2,1-3H3,(H,17,19). The third kappa shape index (κ3) is 2.75. The van der Waals surface area contributed by atoms with Gasteiger partial charge in [-0.3, -0.25) is 4.79 Å². The van der Waals surface area contributed by atoms with Gasteiger partial charge in [0.25, 0.3) is 0 Å². The van der Waals surface area contributed by atoms with E-state index in [1.165, 1.54) is 0 Å². The van der Waals surface area contributed by atoms with Crippen molar-refractivity contribution < 1.29 is 9.53 Å². The van der Waals surface area contributed by atoms with Crippen LogP contribution in [0.3, 0.4) is 0 Å². The zero-order valence-corrected chi connectivity index (χ0v) is 13.4. The molecule has 2 aromatic rings. The number of nitrogens with one attached hydrogen (secondary N) is 2. The number of hydrogen-bond donors (Lipinski definition) is 2. The highest BCUT2D eigenvalue weighted by Crippen LogP contribution is 2.45. The lowest BCUT2D eigenvalue weighted by Crippen LogP contribution is -2.29. The molecule has 1 aromatic carbocycles. The summed E-state index contributed by atoms with van der Waals surface area (Å²) in [6, 6.07) is 6.21. The molecular weight excluding hydrogens is 284 g/mol. The minimum Gasteiger partial charge on any atom is -0.496 e. The van der Waals surface area contributed by atoms with Gasteiger partial charge in [0.15, 0.2) is 0 Å². The number of H-pyrrole nitrogens is 1. The summed E-state index contributed by atoms with van der Waals surface area (Å²) in [5, 5.41) is 4.15. The Morgan fingerprint density at radius 2 is 2.19 bits per heavy atom. The van der Waals surface area contributed by atoms with Crippen LogP contribution in [0.4, 0.5) is 0 Å². The van der Waals surface area contributed by atoms with Crippen LogP contribution in [0.15, 0.2) is 23.1 Å². The lowest BCUT2D eigenvalue weighted by Gasteiger charge is -2.08. The molecule has 1 aliphatic carbocycles. The Morgan fingerprint density at radius 3 is 2.81 bits per heavy atom. The fourth-order valence-corrected chi connectivity index (χ4v) is 3.01. The lowest BCUT2D eigenvalue weighted by molar-refractivity contribution is -0.125. The first-order chi connectivity index (χ1) is 10.1. The minimum atomic E-state index is -0.124. The van der Waals surface area contributed by atoms with Crippen molar-refractivity contribution in [3.05, 3.63) is 23.9 Å². The fraction of sp³-hybridized carbons (Fsp3) is 0.438. The van der Waals surface area contributed by atoms with Crippen LogP contribution in [0.5, 0.6) is 5.75 Å². The number of aromatic nitrogens is 1. The smallest absolute Gasteiger partial charge is 0.226 e. The highest BCUT2D eigenvalue weighted by Gasteiger charge is 2.44. The van der Waals surface area contributed by atoms with Gasteiger partial charge in [-0.25, -0.2) is 0 Å². The Kier molecular flexibility index (Phi) is 3.61. The Morgan fingerprint density at radius 1 is 1.43 bits per heavy atom. The molecule has 1 heterocycles. The van der Waals surface area contributed by atoms with Gasteiger partial charge in [-0.15, -0.1) is 11.8 Å². The molecule has 0 bridgehead atoms. The van der Waals surface area contributed by atoms with E-state index < -0.39 is 0 Å². The van der Waals surface area contributed by atoms with E-state index in [2.05, 4.69) is 22.4 Å². The normalized spacial score (nSPS) is 16.0. The number of methoxy groups -OCH3 is 1. The van der Waals surface area contributed by atoms with Crippen LogP contribution in [-0.2, 0) is 11.3 Å². The number of hydrogen-bond acceptors (Lipinski definition) is 3. The number of carbonyl (C=O) groups is 1. The van der Waals surface area contributed by atoms with Crippen molar-refractivity contribution in [2.75, 3.05) is 13.4 Å². The van der Waals surface area contributed by atoms with E-state index in [1.807, 2.05) is 19.2 Å². The molecule has 0 aliphatic heterocycles. The first-order valence-corrected chi connectivity index (χ1v) is 8.30. The summed E-state index contributed by atoms with van der Waals surface area (Å²) in [7, 11) is 1.68. The second-order valence-electron chi connectivity index (χ2n) is 5.83. The van der Waals surface area contributed by atoms with Crippen molar-refractivity contribution in [3.63, 3.8) is 0 Å². The number of fused-ring (bicyclic) bond motifs is 1. The first kappa shape index (κ1) is 14.3. The van der Waals surface area contributed by atoms with Crippen molar-refractivity contribution in [2.24, 2.45) is 5.41 Å². The summed E-state index contributed by atoms with van der Waals surface area (Å²) < 4.78 is 5.39. The highest BCUT2D eigenvalue weighted by atomic mass is 32.2. The first-order valence-electron chi connectivity index (χ1n) is 7.08. The zero-order valence-electron chi connectivity index (χ0n) is 12.6. The third-order valence-corrected chi connectivity index (χ3v) is 4.93. The third-order valence-electron chi connectivity index (χ3n) is 4.17. The summed E-state index contributed by atoms with van der Waals surface area (Å²) in [4.78, 5) is 16.4. The van der Waals surface area contributed by atoms with E-state index in [0.717, 1.165) is 40.1 Å². The van der Waals surface area contributed by atoms with Crippen LogP contribution in [0.25, 0.3) is 10.9 Å². The summed E-state index contributed by atoms with van der Waals surface area (Å²) in [6.07, 6.45) is 4.04. The van der Waals surface area contributed by atoms with Crippen LogP contribution >= 0.6 is 11.8 Å². The van der Waals surface area contributed by atoms with Crippen LogP contribution < -0.4 is 10.1 Å². The average Bonchev–Trinajstić information content (AvgIpc) is 3.12. The molecule has 21 heavy (non-hydrogen) atoms. The number of benzene rings is 1. The maximum absolute atomic E-state index is 12.0. The van der Waals surface area contributed by atoms with Gasteiger partial charge in [-0.1, -0.05) is 6.92 Å². The highest BCUT2D eigenvalue weighted by molar-refractivity contribution is 7.98. The molecule has 1 amide bonds. The molecular formula is C16H20N2O2S. The number of amides is 1. The van der Waals surface area contributed by atoms with Gasteiger partial charge in [0.1, 0.15) is 5.75 Å². The summed E-state index contributed by atoms with van der Waals surface area (Å²) in [6.45, 7) is 2.56. The van der Waals surface area contributed by atoms with Crippen molar-refractivity contribution in [1.29, 1.82) is 0 Å². The summed E-state index contributed by atoms with van der Waals surface area (Å²) in [5.74, 6) is 1.03.